The zero-order chi connectivity index (χ0) is 15.8. The van der Waals surface area contributed by atoms with Crippen molar-refractivity contribution in [1.82, 2.24) is 15.2 Å². The Balaban J connectivity index is 2.01. The van der Waals surface area contributed by atoms with E-state index in [0.717, 1.165) is 30.5 Å². The van der Waals surface area contributed by atoms with Gasteiger partial charge in [-0.1, -0.05) is 18.2 Å². The zero-order valence-electron chi connectivity index (χ0n) is 13.2. The first-order valence-corrected chi connectivity index (χ1v) is 7.59. The molecule has 22 heavy (non-hydrogen) atoms. The molecule has 1 N–H and O–H groups in total. The number of nitrogens with zero attached hydrogens (tertiary/aromatic N) is 2. The maximum absolute atomic E-state index is 12.6. The van der Waals surface area contributed by atoms with Crippen LogP contribution in [-0.4, -0.2) is 43.0 Å². The Labute approximate surface area is 132 Å². The molecule has 1 amide bonds. The van der Waals surface area contributed by atoms with Crippen LogP contribution in [0.5, 0.6) is 0 Å². The lowest BCUT2D eigenvalue weighted by molar-refractivity contribution is 0.0795. The van der Waals surface area contributed by atoms with E-state index in [1.165, 1.54) is 5.56 Å². The van der Waals surface area contributed by atoms with Gasteiger partial charge in [0.15, 0.2) is 0 Å². The fraction of sp³-hybridized carbons (Fsp3) is 0.333. The summed E-state index contributed by atoms with van der Waals surface area (Å²) in [4.78, 5) is 18.4. The number of amides is 1. The summed E-state index contributed by atoms with van der Waals surface area (Å²) in [6.45, 7) is 1.56. The van der Waals surface area contributed by atoms with Crippen LogP contribution in [-0.2, 0) is 12.8 Å². The molecule has 0 unspecified atom stereocenters. The number of hydrogen-bond donors (Lipinski definition) is 1. The number of rotatable bonds is 7. The van der Waals surface area contributed by atoms with Gasteiger partial charge in [-0.15, -0.1) is 0 Å². The molecule has 1 heterocycles. The molecule has 1 aromatic heterocycles. The van der Waals surface area contributed by atoms with Crippen molar-refractivity contribution in [3.05, 3.63) is 65.5 Å². The summed E-state index contributed by atoms with van der Waals surface area (Å²) in [6.07, 6.45) is 5.26. The van der Waals surface area contributed by atoms with E-state index < -0.39 is 0 Å². The van der Waals surface area contributed by atoms with Crippen molar-refractivity contribution >= 4 is 5.91 Å². The second-order valence-corrected chi connectivity index (χ2v) is 5.34. The highest BCUT2D eigenvalue weighted by molar-refractivity contribution is 5.95. The van der Waals surface area contributed by atoms with Crippen molar-refractivity contribution in [2.24, 2.45) is 0 Å². The quantitative estimate of drug-likeness (QED) is 0.852. The van der Waals surface area contributed by atoms with Gasteiger partial charge >= 0.3 is 0 Å². The minimum atomic E-state index is 0.0840. The summed E-state index contributed by atoms with van der Waals surface area (Å²) in [5, 5.41) is 3.13. The van der Waals surface area contributed by atoms with E-state index in [9.17, 15) is 4.79 Å². The van der Waals surface area contributed by atoms with Gasteiger partial charge < -0.3 is 10.2 Å². The molecular weight excluding hydrogens is 274 g/mol. The number of nitrogens with one attached hydrogen (secondary N) is 1. The van der Waals surface area contributed by atoms with Gasteiger partial charge in [0.25, 0.3) is 5.91 Å². The molecule has 2 rings (SSSR count). The lowest BCUT2D eigenvalue weighted by atomic mass is 10.0. The molecule has 0 bridgehead atoms. The van der Waals surface area contributed by atoms with Crippen molar-refractivity contribution < 1.29 is 4.79 Å². The van der Waals surface area contributed by atoms with Crippen LogP contribution in [0, 0.1) is 0 Å². The van der Waals surface area contributed by atoms with Crippen LogP contribution in [0.25, 0.3) is 0 Å². The second kappa shape index (κ2) is 8.29. The van der Waals surface area contributed by atoms with Gasteiger partial charge in [-0.05, 0) is 55.8 Å². The maximum Gasteiger partial charge on any atom is 0.253 e. The van der Waals surface area contributed by atoms with Crippen LogP contribution in [0.15, 0.2) is 48.8 Å². The summed E-state index contributed by atoms with van der Waals surface area (Å²) in [5.74, 6) is 0.0840. The molecule has 0 atom stereocenters. The molecule has 1 aromatic carbocycles. The highest BCUT2D eigenvalue weighted by Crippen LogP contribution is 2.12. The minimum Gasteiger partial charge on any atom is -0.341 e. The Morgan fingerprint density at radius 2 is 1.86 bits per heavy atom. The topological polar surface area (TPSA) is 45.2 Å². The number of pyridine rings is 1. The van der Waals surface area contributed by atoms with Gasteiger partial charge in [-0.25, -0.2) is 0 Å². The Morgan fingerprint density at radius 1 is 1.14 bits per heavy atom. The summed E-state index contributed by atoms with van der Waals surface area (Å²) in [5.41, 5.74) is 3.09. The molecule has 0 aliphatic heterocycles. The number of carbonyl (C=O) groups is 1. The molecule has 0 radical (unpaired) electrons. The molecule has 0 aliphatic carbocycles. The van der Waals surface area contributed by atoms with E-state index in [1.54, 1.807) is 17.3 Å². The van der Waals surface area contributed by atoms with E-state index >= 15 is 0 Å². The lowest BCUT2D eigenvalue weighted by Gasteiger charge is -2.19. The fourth-order valence-corrected chi connectivity index (χ4v) is 2.36. The van der Waals surface area contributed by atoms with Crippen LogP contribution >= 0.6 is 0 Å². The first kappa shape index (κ1) is 16.2. The van der Waals surface area contributed by atoms with E-state index in [1.807, 2.05) is 50.5 Å². The molecule has 0 saturated heterocycles. The molecule has 2 aromatic rings. The summed E-state index contributed by atoms with van der Waals surface area (Å²) < 4.78 is 0. The van der Waals surface area contributed by atoms with Gasteiger partial charge in [0.2, 0.25) is 0 Å². The second-order valence-electron chi connectivity index (χ2n) is 5.34. The lowest BCUT2D eigenvalue weighted by Crippen LogP contribution is -2.30. The highest BCUT2D eigenvalue weighted by Gasteiger charge is 2.14. The Kier molecular flexibility index (Phi) is 6.10. The minimum absolute atomic E-state index is 0.0840. The predicted molar refractivity (Wildman–Crippen MR) is 89.0 cm³/mol. The average molecular weight is 297 g/mol. The zero-order valence-corrected chi connectivity index (χ0v) is 13.2. The smallest absolute Gasteiger partial charge is 0.253 e. The number of carbonyl (C=O) groups excluding carboxylic acids is 1. The summed E-state index contributed by atoms with van der Waals surface area (Å²) >= 11 is 0. The standard InChI is InChI=1S/C18H23N3O/c1-19-11-9-16-5-3-4-6-17(16)18(22)21(2)14-10-15-7-12-20-13-8-15/h3-8,12-13,19H,9-11,14H2,1-2H3. The van der Waals surface area contributed by atoms with Crippen molar-refractivity contribution in [3.8, 4) is 0 Å². The van der Waals surface area contributed by atoms with Gasteiger partial charge in [0.1, 0.15) is 0 Å². The average Bonchev–Trinajstić information content (AvgIpc) is 2.58. The molecule has 0 saturated carbocycles. The van der Waals surface area contributed by atoms with Crippen LogP contribution < -0.4 is 5.32 Å². The number of likely N-dealkylation sites (N-methyl/N-ethyl adjacent to an activating group) is 2. The third-order valence-electron chi connectivity index (χ3n) is 3.72. The first-order chi connectivity index (χ1) is 10.7. The predicted octanol–water partition coefficient (Wildman–Crippen LogP) is 2.16. The molecular formula is C18H23N3O. The highest BCUT2D eigenvalue weighted by atomic mass is 16.2. The summed E-state index contributed by atoms with van der Waals surface area (Å²) in [7, 11) is 3.78. The first-order valence-electron chi connectivity index (χ1n) is 7.59. The Morgan fingerprint density at radius 3 is 2.59 bits per heavy atom. The molecule has 4 heteroatoms. The number of benzene rings is 1. The van der Waals surface area contributed by atoms with E-state index in [0.29, 0.717) is 6.54 Å². The van der Waals surface area contributed by atoms with Crippen molar-refractivity contribution in [2.75, 3.05) is 27.2 Å². The van der Waals surface area contributed by atoms with Crippen molar-refractivity contribution in [2.45, 2.75) is 12.8 Å². The SMILES string of the molecule is CNCCc1ccccc1C(=O)N(C)CCc1ccncc1. The maximum atomic E-state index is 12.6. The molecule has 0 spiro atoms. The van der Waals surface area contributed by atoms with E-state index in [4.69, 9.17) is 0 Å². The van der Waals surface area contributed by atoms with Crippen molar-refractivity contribution in [1.29, 1.82) is 0 Å². The van der Waals surface area contributed by atoms with Crippen molar-refractivity contribution in [3.63, 3.8) is 0 Å². The Hall–Kier alpha value is -2.20. The van der Waals surface area contributed by atoms with E-state index in [-0.39, 0.29) is 5.91 Å². The monoisotopic (exact) mass is 297 g/mol. The third-order valence-corrected chi connectivity index (χ3v) is 3.72. The Bertz CT molecular complexity index is 598. The normalized spacial score (nSPS) is 10.5. The van der Waals surface area contributed by atoms with Gasteiger partial charge in [-0.3, -0.25) is 9.78 Å². The molecule has 0 fully saturated rings. The molecule has 4 nitrogen and oxygen atoms in total. The molecule has 0 aliphatic rings. The third kappa shape index (κ3) is 4.40. The van der Waals surface area contributed by atoms with E-state index in [2.05, 4.69) is 10.3 Å². The largest absolute Gasteiger partial charge is 0.341 e. The van der Waals surface area contributed by atoms with Gasteiger partial charge in [0.05, 0.1) is 0 Å². The fourth-order valence-electron chi connectivity index (χ4n) is 2.36. The van der Waals surface area contributed by atoms with Crippen LogP contribution in [0.2, 0.25) is 0 Å². The van der Waals surface area contributed by atoms with Crippen LogP contribution in [0.4, 0.5) is 0 Å². The number of aromatic nitrogens is 1. The number of hydrogen-bond acceptors (Lipinski definition) is 3. The summed E-state index contributed by atoms with van der Waals surface area (Å²) in [6, 6.07) is 11.8. The molecule has 116 valence electrons. The van der Waals surface area contributed by atoms with Crippen LogP contribution in [0.1, 0.15) is 21.5 Å². The van der Waals surface area contributed by atoms with Gasteiger partial charge in [-0.2, -0.15) is 0 Å². The van der Waals surface area contributed by atoms with Crippen LogP contribution in [0.3, 0.4) is 0 Å². The van der Waals surface area contributed by atoms with Gasteiger partial charge in [0, 0.05) is 31.5 Å².